The lowest BCUT2D eigenvalue weighted by Crippen LogP contribution is -2.44. The molecule has 0 atom stereocenters. The van der Waals surface area contributed by atoms with Gasteiger partial charge >= 0.3 is 12.0 Å². The van der Waals surface area contributed by atoms with E-state index in [1.54, 1.807) is 0 Å². The molecule has 0 bridgehead atoms. The Morgan fingerprint density at radius 2 is 2.20 bits per heavy atom. The summed E-state index contributed by atoms with van der Waals surface area (Å²) in [5.41, 5.74) is 0.762. The molecule has 0 radical (unpaired) electrons. The highest BCUT2D eigenvalue weighted by Crippen LogP contribution is 2.39. The molecule has 0 unspecified atom stereocenters. The van der Waals surface area contributed by atoms with E-state index in [2.05, 4.69) is 27.9 Å². The van der Waals surface area contributed by atoms with Crippen molar-refractivity contribution in [2.45, 2.75) is 39.3 Å². The standard InChI is InChI=1S/C12H19N5O3/c1-12(3-2-4-12)8-14-11(20)13-5-9-6-17(16-15-9)7-10(18)19/h6H,2-5,7-8H2,1H3,(H,18,19)(H2,13,14,20). The van der Waals surface area contributed by atoms with Crippen LogP contribution in [0.3, 0.4) is 0 Å². The second-order valence-electron chi connectivity index (χ2n) is 5.50. The Labute approximate surface area is 116 Å². The summed E-state index contributed by atoms with van der Waals surface area (Å²) < 4.78 is 1.21. The molecule has 8 heteroatoms. The van der Waals surface area contributed by atoms with Crippen LogP contribution in [0.4, 0.5) is 4.79 Å². The van der Waals surface area contributed by atoms with Crippen molar-refractivity contribution in [3.05, 3.63) is 11.9 Å². The zero-order chi connectivity index (χ0) is 14.6. The molecule has 1 aromatic heterocycles. The Morgan fingerprint density at radius 1 is 1.45 bits per heavy atom. The highest BCUT2D eigenvalue weighted by molar-refractivity contribution is 5.73. The van der Waals surface area contributed by atoms with Crippen molar-refractivity contribution in [1.29, 1.82) is 0 Å². The predicted molar refractivity (Wildman–Crippen MR) is 69.9 cm³/mol. The molecule has 2 amide bonds. The van der Waals surface area contributed by atoms with Gasteiger partial charge in [0.1, 0.15) is 12.2 Å². The van der Waals surface area contributed by atoms with Crippen LogP contribution < -0.4 is 10.6 Å². The number of carbonyl (C=O) groups is 2. The molecule has 1 fully saturated rings. The number of carbonyl (C=O) groups excluding carboxylic acids is 1. The minimum atomic E-state index is -0.985. The summed E-state index contributed by atoms with van der Waals surface area (Å²) in [5, 5.41) is 21.5. The normalized spacial score (nSPS) is 16.2. The van der Waals surface area contributed by atoms with Crippen LogP contribution in [-0.4, -0.2) is 38.6 Å². The van der Waals surface area contributed by atoms with Gasteiger partial charge in [0.15, 0.2) is 0 Å². The number of aromatic nitrogens is 3. The van der Waals surface area contributed by atoms with E-state index in [9.17, 15) is 9.59 Å². The first kappa shape index (κ1) is 14.3. The Morgan fingerprint density at radius 3 is 2.80 bits per heavy atom. The molecule has 1 aliphatic rings. The number of hydrogen-bond donors (Lipinski definition) is 3. The molecular formula is C12H19N5O3. The Kier molecular flexibility index (Phi) is 4.21. The van der Waals surface area contributed by atoms with E-state index in [-0.39, 0.29) is 24.5 Å². The summed E-state index contributed by atoms with van der Waals surface area (Å²) >= 11 is 0. The predicted octanol–water partition coefficient (Wildman–Crippen LogP) is 0.352. The fourth-order valence-electron chi connectivity index (χ4n) is 2.12. The molecule has 110 valence electrons. The zero-order valence-electron chi connectivity index (χ0n) is 11.4. The number of hydrogen-bond acceptors (Lipinski definition) is 4. The third kappa shape index (κ3) is 3.94. The Bertz CT molecular complexity index is 495. The van der Waals surface area contributed by atoms with E-state index >= 15 is 0 Å². The van der Waals surface area contributed by atoms with Crippen molar-refractivity contribution in [3.8, 4) is 0 Å². The van der Waals surface area contributed by atoms with Gasteiger partial charge in [0.2, 0.25) is 0 Å². The SMILES string of the molecule is CC1(CNC(=O)NCc2cn(CC(=O)O)nn2)CCC1. The summed E-state index contributed by atoms with van der Waals surface area (Å²) in [4.78, 5) is 22.1. The van der Waals surface area contributed by atoms with Gasteiger partial charge in [0, 0.05) is 6.54 Å². The highest BCUT2D eigenvalue weighted by Gasteiger charge is 2.31. The van der Waals surface area contributed by atoms with Crippen molar-refractivity contribution in [3.63, 3.8) is 0 Å². The summed E-state index contributed by atoms with van der Waals surface area (Å²) in [5.74, 6) is -0.985. The lowest BCUT2D eigenvalue weighted by atomic mass is 9.70. The second kappa shape index (κ2) is 5.89. The van der Waals surface area contributed by atoms with Gasteiger partial charge in [0.25, 0.3) is 0 Å². The van der Waals surface area contributed by atoms with Gasteiger partial charge in [-0.1, -0.05) is 18.6 Å². The van der Waals surface area contributed by atoms with Gasteiger partial charge in [0.05, 0.1) is 12.7 Å². The molecule has 0 aliphatic heterocycles. The number of nitrogens with one attached hydrogen (secondary N) is 2. The van der Waals surface area contributed by atoms with Crippen LogP contribution in [0.25, 0.3) is 0 Å². The average molecular weight is 281 g/mol. The summed E-state index contributed by atoms with van der Waals surface area (Å²) in [6.45, 7) is 2.82. The molecular weight excluding hydrogens is 262 g/mol. The minimum absolute atomic E-state index is 0.224. The maximum absolute atomic E-state index is 11.6. The molecule has 1 aromatic rings. The molecule has 8 nitrogen and oxygen atoms in total. The first-order chi connectivity index (χ1) is 9.47. The fraction of sp³-hybridized carbons (Fsp3) is 0.667. The third-order valence-electron chi connectivity index (χ3n) is 3.55. The molecule has 20 heavy (non-hydrogen) atoms. The largest absolute Gasteiger partial charge is 0.480 e. The van der Waals surface area contributed by atoms with Gasteiger partial charge in [-0.05, 0) is 18.3 Å². The van der Waals surface area contributed by atoms with Crippen molar-refractivity contribution in [2.75, 3.05) is 6.54 Å². The van der Waals surface area contributed by atoms with E-state index in [0.717, 1.165) is 12.8 Å². The van der Waals surface area contributed by atoms with Crippen LogP contribution in [0.1, 0.15) is 31.9 Å². The van der Waals surface area contributed by atoms with E-state index in [1.165, 1.54) is 17.3 Å². The van der Waals surface area contributed by atoms with Gasteiger partial charge < -0.3 is 15.7 Å². The first-order valence-corrected chi connectivity index (χ1v) is 6.59. The van der Waals surface area contributed by atoms with Gasteiger partial charge in [-0.2, -0.15) is 0 Å². The minimum Gasteiger partial charge on any atom is -0.480 e. The van der Waals surface area contributed by atoms with Crippen molar-refractivity contribution >= 4 is 12.0 Å². The quantitative estimate of drug-likeness (QED) is 0.697. The molecule has 0 aromatic carbocycles. The van der Waals surface area contributed by atoms with E-state index in [1.807, 2.05) is 0 Å². The Hall–Kier alpha value is -2.12. The lowest BCUT2D eigenvalue weighted by molar-refractivity contribution is -0.137. The van der Waals surface area contributed by atoms with E-state index in [0.29, 0.717) is 12.2 Å². The third-order valence-corrected chi connectivity index (χ3v) is 3.55. The van der Waals surface area contributed by atoms with E-state index < -0.39 is 5.97 Å². The Balaban J connectivity index is 1.70. The number of carboxylic acid groups (broad SMARTS) is 1. The second-order valence-corrected chi connectivity index (χ2v) is 5.50. The molecule has 1 heterocycles. The van der Waals surface area contributed by atoms with Crippen molar-refractivity contribution in [1.82, 2.24) is 25.6 Å². The molecule has 3 N–H and O–H groups in total. The highest BCUT2D eigenvalue weighted by atomic mass is 16.4. The molecule has 1 saturated carbocycles. The zero-order valence-corrected chi connectivity index (χ0v) is 11.4. The first-order valence-electron chi connectivity index (χ1n) is 6.59. The van der Waals surface area contributed by atoms with Gasteiger partial charge in [-0.15, -0.1) is 5.10 Å². The number of nitrogens with zero attached hydrogens (tertiary/aromatic N) is 3. The van der Waals surface area contributed by atoms with Crippen LogP contribution in [0.15, 0.2) is 6.20 Å². The number of amides is 2. The molecule has 0 saturated heterocycles. The van der Waals surface area contributed by atoms with Crippen molar-refractivity contribution in [2.24, 2.45) is 5.41 Å². The van der Waals surface area contributed by atoms with Crippen LogP contribution in [-0.2, 0) is 17.9 Å². The molecule has 2 rings (SSSR count). The maximum Gasteiger partial charge on any atom is 0.325 e. The summed E-state index contributed by atoms with van der Waals surface area (Å²) in [6, 6.07) is -0.245. The van der Waals surface area contributed by atoms with Crippen LogP contribution in [0.5, 0.6) is 0 Å². The average Bonchev–Trinajstić information content (AvgIpc) is 2.78. The number of rotatable bonds is 6. The van der Waals surface area contributed by atoms with E-state index in [4.69, 9.17) is 5.11 Å². The van der Waals surface area contributed by atoms with Crippen LogP contribution in [0.2, 0.25) is 0 Å². The molecule has 1 aliphatic carbocycles. The fourth-order valence-corrected chi connectivity index (χ4v) is 2.12. The van der Waals surface area contributed by atoms with Gasteiger partial charge in [-0.3, -0.25) is 4.79 Å². The topological polar surface area (TPSA) is 109 Å². The number of carboxylic acids is 1. The number of urea groups is 1. The van der Waals surface area contributed by atoms with Gasteiger partial charge in [-0.25, -0.2) is 9.48 Å². The lowest BCUT2D eigenvalue weighted by Gasteiger charge is -2.38. The summed E-state index contributed by atoms with van der Waals surface area (Å²) in [7, 11) is 0. The van der Waals surface area contributed by atoms with Crippen LogP contribution in [0, 0.1) is 5.41 Å². The van der Waals surface area contributed by atoms with Crippen molar-refractivity contribution < 1.29 is 14.7 Å². The molecule has 0 spiro atoms. The number of aliphatic carboxylic acids is 1. The monoisotopic (exact) mass is 281 g/mol. The smallest absolute Gasteiger partial charge is 0.325 e. The maximum atomic E-state index is 11.6. The summed E-state index contributed by atoms with van der Waals surface area (Å²) in [6.07, 6.45) is 5.03. The van der Waals surface area contributed by atoms with Crippen LogP contribution >= 0.6 is 0 Å².